The molecule has 2 rings (SSSR count). The summed E-state index contributed by atoms with van der Waals surface area (Å²) in [7, 11) is 0. The van der Waals surface area contributed by atoms with Gasteiger partial charge in [-0.1, -0.05) is 73.8 Å². The fourth-order valence-corrected chi connectivity index (χ4v) is 3.47. The molecule has 1 aromatic rings. The predicted octanol–water partition coefficient (Wildman–Crippen LogP) is 5.74. The Balaban J connectivity index is 1.51. The van der Waals surface area contributed by atoms with Crippen LogP contribution in [0.15, 0.2) is 90.0 Å². The molecule has 1 unspecified atom stereocenters. The summed E-state index contributed by atoms with van der Waals surface area (Å²) in [4.78, 5) is 27.5. The van der Waals surface area contributed by atoms with Gasteiger partial charge in [0.2, 0.25) is 0 Å². The molecule has 194 valence electrons. The van der Waals surface area contributed by atoms with Crippen molar-refractivity contribution in [2.75, 3.05) is 12.3 Å². The molecule has 0 aliphatic carbocycles. The van der Waals surface area contributed by atoms with Crippen LogP contribution in [0.4, 0.5) is 5.82 Å². The van der Waals surface area contributed by atoms with Crippen LogP contribution in [-0.2, 0) is 14.3 Å². The van der Waals surface area contributed by atoms with E-state index in [2.05, 4.69) is 66.6 Å². The molecule has 7 nitrogen and oxygen atoms in total. The van der Waals surface area contributed by atoms with Gasteiger partial charge in [-0.2, -0.15) is 4.98 Å². The van der Waals surface area contributed by atoms with Crippen molar-refractivity contribution in [1.82, 2.24) is 9.55 Å². The molecule has 0 spiro atoms. The molecule has 7 heteroatoms. The lowest BCUT2D eigenvalue weighted by Crippen LogP contribution is -2.28. The summed E-state index contributed by atoms with van der Waals surface area (Å²) in [5, 5.41) is 0. The molecular formula is C29H39N3O4. The maximum Gasteiger partial charge on any atom is 0.351 e. The zero-order chi connectivity index (χ0) is 25.8. The van der Waals surface area contributed by atoms with E-state index >= 15 is 0 Å². The maximum absolute atomic E-state index is 11.9. The topological polar surface area (TPSA) is 96.4 Å². The van der Waals surface area contributed by atoms with Crippen LogP contribution in [0.25, 0.3) is 0 Å². The van der Waals surface area contributed by atoms with Gasteiger partial charge >= 0.3 is 11.7 Å². The second kappa shape index (κ2) is 17.9. The molecule has 2 atom stereocenters. The Hall–Kier alpha value is -3.45. The van der Waals surface area contributed by atoms with E-state index in [1.807, 2.05) is 6.08 Å². The molecular weight excluding hydrogens is 454 g/mol. The van der Waals surface area contributed by atoms with Crippen LogP contribution < -0.4 is 11.4 Å². The van der Waals surface area contributed by atoms with Crippen LogP contribution in [0, 0.1) is 0 Å². The molecule has 2 N–H and O–H groups in total. The van der Waals surface area contributed by atoms with Gasteiger partial charge in [-0.05, 0) is 57.4 Å². The summed E-state index contributed by atoms with van der Waals surface area (Å²) in [5.74, 6) is -0.225. The summed E-state index contributed by atoms with van der Waals surface area (Å²) < 4.78 is 12.5. The Morgan fingerprint density at radius 2 is 1.53 bits per heavy atom. The number of rotatable bonds is 15. The Morgan fingerprint density at radius 3 is 2.08 bits per heavy atom. The zero-order valence-electron chi connectivity index (χ0n) is 21.2. The molecule has 1 aliphatic rings. The lowest BCUT2D eigenvalue weighted by Gasteiger charge is -2.15. The molecule has 0 bridgehead atoms. The minimum absolute atomic E-state index is 0.151. The number of aromatic nitrogens is 2. The number of hydrogen-bond donors (Lipinski definition) is 1. The summed E-state index contributed by atoms with van der Waals surface area (Å²) in [5.41, 5.74) is 5.07. The largest absolute Gasteiger partial charge is 0.460 e. The first-order valence-corrected chi connectivity index (χ1v) is 12.7. The third-order valence-electron chi connectivity index (χ3n) is 5.34. The molecule has 1 aromatic heterocycles. The average molecular weight is 494 g/mol. The van der Waals surface area contributed by atoms with E-state index in [-0.39, 0.29) is 18.5 Å². The minimum atomic E-state index is -0.448. The van der Waals surface area contributed by atoms with Gasteiger partial charge in [-0.3, -0.25) is 4.57 Å². The van der Waals surface area contributed by atoms with E-state index in [0.717, 1.165) is 32.1 Å². The van der Waals surface area contributed by atoms with Gasteiger partial charge in [-0.25, -0.2) is 9.59 Å². The predicted molar refractivity (Wildman–Crippen MR) is 145 cm³/mol. The number of carbonyl (C=O) groups is 1. The third kappa shape index (κ3) is 12.3. The van der Waals surface area contributed by atoms with Gasteiger partial charge < -0.3 is 15.2 Å². The molecule has 2 heterocycles. The second-order valence-electron chi connectivity index (χ2n) is 8.31. The molecule has 1 aliphatic heterocycles. The zero-order valence-corrected chi connectivity index (χ0v) is 21.2. The molecule has 0 radical (unpaired) electrons. The number of nitrogens with two attached hydrogens (primary N) is 1. The first-order valence-electron chi connectivity index (χ1n) is 12.7. The van der Waals surface area contributed by atoms with Crippen molar-refractivity contribution in [1.29, 1.82) is 0 Å². The van der Waals surface area contributed by atoms with Gasteiger partial charge in [-0.15, -0.1) is 0 Å². The highest BCUT2D eigenvalue weighted by Crippen LogP contribution is 2.27. The van der Waals surface area contributed by atoms with Gasteiger partial charge in [0.15, 0.2) is 0 Å². The first-order chi connectivity index (χ1) is 17.6. The van der Waals surface area contributed by atoms with Crippen molar-refractivity contribution in [2.24, 2.45) is 0 Å². The summed E-state index contributed by atoms with van der Waals surface area (Å²) in [6.45, 7) is 2.29. The lowest BCUT2D eigenvalue weighted by molar-refractivity contribution is -0.142. The summed E-state index contributed by atoms with van der Waals surface area (Å²) in [6, 6.07) is 1.56. The highest BCUT2D eigenvalue weighted by Gasteiger charge is 2.28. The lowest BCUT2D eigenvalue weighted by atomic mass is 10.2. The monoisotopic (exact) mass is 493 g/mol. The number of carbonyl (C=O) groups excluding carboxylic acids is 1. The van der Waals surface area contributed by atoms with E-state index < -0.39 is 17.9 Å². The van der Waals surface area contributed by atoms with Gasteiger partial charge in [0.05, 0.1) is 6.10 Å². The molecule has 0 aromatic carbocycles. The number of anilines is 1. The minimum Gasteiger partial charge on any atom is -0.460 e. The van der Waals surface area contributed by atoms with Crippen molar-refractivity contribution in [3.05, 3.63) is 95.7 Å². The average Bonchev–Trinajstić information content (AvgIpc) is 3.33. The number of hydrogen-bond acceptors (Lipinski definition) is 6. The van der Waals surface area contributed by atoms with Crippen LogP contribution in [-0.4, -0.2) is 28.2 Å². The number of nitrogen functional groups attached to an aromatic ring is 1. The van der Waals surface area contributed by atoms with Crippen molar-refractivity contribution in [3.8, 4) is 0 Å². The fraction of sp³-hybridized carbons (Fsp3) is 0.414. The summed E-state index contributed by atoms with van der Waals surface area (Å²) >= 11 is 0. The van der Waals surface area contributed by atoms with E-state index in [4.69, 9.17) is 15.2 Å². The van der Waals surface area contributed by atoms with E-state index in [0.29, 0.717) is 19.3 Å². The van der Waals surface area contributed by atoms with Crippen molar-refractivity contribution >= 4 is 11.8 Å². The van der Waals surface area contributed by atoms with E-state index in [1.165, 1.54) is 10.6 Å². The van der Waals surface area contributed by atoms with Crippen LogP contribution in [0.5, 0.6) is 0 Å². The van der Waals surface area contributed by atoms with E-state index in [1.54, 1.807) is 18.3 Å². The van der Waals surface area contributed by atoms with Crippen LogP contribution >= 0.6 is 0 Å². The van der Waals surface area contributed by atoms with Crippen molar-refractivity contribution < 1.29 is 14.3 Å². The Bertz CT molecular complexity index is 1020. The number of nitrogens with zero attached hydrogens (tertiary/aromatic N) is 2. The van der Waals surface area contributed by atoms with Crippen LogP contribution in [0.3, 0.4) is 0 Å². The van der Waals surface area contributed by atoms with Crippen LogP contribution in [0.1, 0.15) is 64.5 Å². The Morgan fingerprint density at radius 1 is 0.972 bits per heavy atom. The standard InChI is InChI=1S/C29H39N3O4/c1-2-3-4-5-6-7-8-9-10-11-12-13-14-15-16-17-18-19-28(33)35-24-25-20-21-27(36-25)32-23-22-26(30)31-29(32)34/h3-4,6-7,9-10,12-13,15-16,18-19,22-23,25,27H,2,5,8,11,14,17,20-21,24H2,1H3,(H2,30,31,34)/t25-,27?/m0/s1. The molecule has 0 saturated carbocycles. The maximum atomic E-state index is 11.9. The first kappa shape index (κ1) is 28.8. The highest BCUT2D eigenvalue weighted by atomic mass is 16.6. The normalized spacial score (nSPS) is 18.8. The Labute approximate surface area is 214 Å². The fourth-order valence-electron chi connectivity index (χ4n) is 3.47. The second-order valence-corrected chi connectivity index (χ2v) is 8.31. The quantitative estimate of drug-likeness (QED) is 0.190. The molecule has 1 saturated heterocycles. The summed E-state index contributed by atoms with van der Waals surface area (Å²) in [6.07, 6.45) is 32.5. The SMILES string of the molecule is CCC=CCC=CCC=CCC=CCC=CCC=CC(=O)OC[C@@H]1CCC(n2ccc(N)nc2=O)O1. The molecule has 36 heavy (non-hydrogen) atoms. The van der Waals surface area contributed by atoms with Crippen molar-refractivity contribution in [3.63, 3.8) is 0 Å². The highest BCUT2D eigenvalue weighted by molar-refractivity contribution is 5.81. The van der Waals surface area contributed by atoms with Crippen LogP contribution in [0.2, 0.25) is 0 Å². The number of allylic oxidation sites excluding steroid dienone is 11. The van der Waals surface area contributed by atoms with Gasteiger partial charge in [0, 0.05) is 12.3 Å². The smallest absolute Gasteiger partial charge is 0.351 e. The Kier molecular flexibility index (Phi) is 14.3. The van der Waals surface area contributed by atoms with Gasteiger partial charge in [0.1, 0.15) is 18.7 Å². The number of ether oxygens (including phenoxy) is 2. The molecule has 0 amide bonds. The number of esters is 1. The van der Waals surface area contributed by atoms with Crippen molar-refractivity contribution in [2.45, 2.75) is 70.6 Å². The van der Waals surface area contributed by atoms with Gasteiger partial charge in [0.25, 0.3) is 0 Å². The third-order valence-corrected chi connectivity index (χ3v) is 5.34. The van der Waals surface area contributed by atoms with E-state index in [9.17, 15) is 9.59 Å². The molecule has 1 fully saturated rings.